The maximum atomic E-state index is 5.48. The van der Waals surface area contributed by atoms with Gasteiger partial charge in [0.25, 0.3) is 0 Å². The first-order valence-electron chi connectivity index (χ1n) is 3.34. The van der Waals surface area contributed by atoms with Crippen molar-refractivity contribution in [1.29, 1.82) is 0 Å². The van der Waals surface area contributed by atoms with Crippen LogP contribution >= 0.6 is 11.3 Å². The van der Waals surface area contributed by atoms with Crippen LogP contribution in [0.4, 0.5) is 5.13 Å². The Hall–Kier alpha value is -1.49. The number of thiazole rings is 1. The van der Waals surface area contributed by atoms with Crippen molar-refractivity contribution in [2.75, 3.05) is 5.73 Å². The van der Waals surface area contributed by atoms with Crippen molar-refractivity contribution in [2.45, 2.75) is 0 Å². The highest BCUT2D eigenvalue weighted by atomic mass is 32.1. The molecule has 0 fully saturated rings. The first-order valence-corrected chi connectivity index (χ1v) is 4.15. The Bertz CT molecular complexity index is 370. The summed E-state index contributed by atoms with van der Waals surface area (Å²) in [6.45, 7) is 0. The van der Waals surface area contributed by atoms with Gasteiger partial charge in [-0.05, 0) is 6.07 Å². The lowest BCUT2D eigenvalue weighted by molar-refractivity contribution is 1.17. The highest BCUT2D eigenvalue weighted by Gasteiger charge is 2.01. The molecule has 0 spiro atoms. The molecule has 2 aromatic rings. The number of anilines is 1. The number of aromatic nitrogens is 3. The van der Waals surface area contributed by atoms with Crippen molar-refractivity contribution in [3.05, 3.63) is 24.8 Å². The molecule has 0 saturated carbocycles. The Kier molecular flexibility index (Phi) is 1.71. The summed E-state index contributed by atoms with van der Waals surface area (Å²) < 4.78 is 0. The van der Waals surface area contributed by atoms with Gasteiger partial charge in [0.1, 0.15) is 6.33 Å². The van der Waals surface area contributed by atoms with Crippen molar-refractivity contribution in [3.63, 3.8) is 0 Å². The minimum atomic E-state index is 0.559. The molecule has 4 nitrogen and oxygen atoms in total. The van der Waals surface area contributed by atoms with E-state index in [9.17, 15) is 0 Å². The number of nitrogens with zero attached hydrogens (tertiary/aromatic N) is 3. The average Bonchev–Trinajstić information content (AvgIpc) is 2.54. The zero-order chi connectivity index (χ0) is 8.39. The quantitative estimate of drug-likeness (QED) is 0.712. The number of nitrogens with two attached hydrogens (primary N) is 1. The van der Waals surface area contributed by atoms with E-state index < -0.39 is 0 Å². The van der Waals surface area contributed by atoms with Crippen molar-refractivity contribution >= 4 is 16.5 Å². The van der Waals surface area contributed by atoms with Gasteiger partial charge in [-0.15, -0.1) is 0 Å². The monoisotopic (exact) mass is 178 g/mol. The summed E-state index contributed by atoms with van der Waals surface area (Å²) in [5.74, 6) is 0. The van der Waals surface area contributed by atoms with E-state index in [-0.39, 0.29) is 0 Å². The van der Waals surface area contributed by atoms with E-state index in [0.29, 0.717) is 5.13 Å². The molecule has 2 rings (SSSR count). The molecule has 0 aliphatic rings. The van der Waals surface area contributed by atoms with Crippen LogP contribution in [0, 0.1) is 0 Å². The number of rotatable bonds is 1. The Labute approximate surface area is 73.1 Å². The van der Waals surface area contributed by atoms with Crippen LogP contribution in [0.1, 0.15) is 0 Å². The van der Waals surface area contributed by atoms with Gasteiger partial charge in [-0.25, -0.2) is 15.0 Å². The fourth-order valence-corrected chi connectivity index (χ4v) is 1.50. The van der Waals surface area contributed by atoms with Gasteiger partial charge < -0.3 is 5.73 Å². The Morgan fingerprint density at radius 2 is 2.25 bits per heavy atom. The normalized spacial score (nSPS) is 10.0. The molecule has 2 heterocycles. The van der Waals surface area contributed by atoms with E-state index >= 15 is 0 Å². The van der Waals surface area contributed by atoms with Gasteiger partial charge in [-0.2, -0.15) is 0 Å². The van der Waals surface area contributed by atoms with Gasteiger partial charge in [0, 0.05) is 12.4 Å². The van der Waals surface area contributed by atoms with Gasteiger partial charge >= 0.3 is 0 Å². The summed E-state index contributed by atoms with van der Waals surface area (Å²) in [6, 6.07) is 1.83. The fraction of sp³-hybridized carbons (Fsp3) is 0. The summed E-state index contributed by atoms with van der Waals surface area (Å²) >= 11 is 1.42. The fourth-order valence-electron chi connectivity index (χ4n) is 0.842. The average molecular weight is 178 g/mol. The third-order valence-electron chi connectivity index (χ3n) is 1.36. The first kappa shape index (κ1) is 7.17. The Morgan fingerprint density at radius 3 is 2.83 bits per heavy atom. The smallest absolute Gasteiger partial charge is 0.180 e. The van der Waals surface area contributed by atoms with E-state index in [1.807, 2.05) is 6.07 Å². The molecular formula is C7H6N4S. The molecule has 2 aromatic heterocycles. The van der Waals surface area contributed by atoms with Crippen LogP contribution in [-0.2, 0) is 0 Å². The Morgan fingerprint density at radius 1 is 1.33 bits per heavy atom. The minimum Gasteiger partial charge on any atom is -0.375 e. The standard InChI is InChI=1S/C7H6N4S/c8-7-10-3-6(12-7)5-1-2-9-4-11-5/h1-4H,(H2,8,10). The molecular weight excluding hydrogens is 172 g/mol. The molecule has 0 aromatic carbocycles. The molecule has 0 amide bonds. The largest absolute Gasteiger partial charge is 0.375 e. The zero-order valence-electron chi connectivity index (χ0n) is 6.14. The lowest BCUT2D eigenvalue weighted by Gasteiger charge is -1.90. The van der Waals surface area contributed by atoms with Crippen LogP contribution in [0.25, 0.3) is 10.6 Å². The minimum absolute atomic E-state index is 0.559. The third-order valence-corrected chi connectivity index (χ3v) is 2.21. The summed E-state index contributed by atoms with van der Waals surface area (Å²) in [7, 11) is 0. The zero-order valence-corrected chi connectivity index (χ0v) is 6.95. The van der Waals surface area contributed by atoms with Crippen LogP contribution in [0.15, 0.2) is 24.8 Å². The maximum Gasteiger partial charge on any atom is 0.180 e. The second kappa shape index (κ2) is 2.86. The lowest BCUT2D eigenvalue weighted by Crippen LogP contribution is -1.79. The molecule has 0 aliphatic heterocycles. The maximum absolute atomic E-state index is 5.48. The highest BCUT2D eigenvalue weighted by Crippen LogP contribution is 2.24. The van der Waals surface area contributed by atoms with Gasteiger partial charge in [-0.1, -0.05) is 11.3 Å². The molecule has 60 valence electrons. The van der Waals surface area contributed by atoms with E-state index in [0.717, 1.165) is 10.6 Å². The van der Waals surface area contributed by atoms with Crippen molar-refractivity contribution in [2.24, 2.45) is 0 Å². The summed E-state index contributed by atoms with van der Waals surface area (Å²) in [6.07, 6.45) is 4.91. The summed E-state index contributed by atoms with van der Waals surface area (Å²) in [4.78, 5) is 12.8. The summed E-state index contributed by atoms with van der Waals surface area (Å²) in [5, 5.41) is 0.559. The van der Waals surface area contributed by atoms with E-state index in [2.05, 4.69) is 15.0 Å². The SMILES string of the molecule is Nc1ncc(-c2ccncn2)s1. The molecule has 5 heteroatoms. The first-order chi connectivity index (χ1) is 5.86. The van der Waals surface area contributed by atoms with Gasteiger partial charge in [0.05, 0.1) is 10.6 Å². The second-order valence-electron chi connectivity index (χ2n) is 2.16. The summed E-state index contributed by atoms with van der Waals surface area (Å²) in [5.41, 5.74) is 6.34. The molecule has 0 unspecified atom stereocenters. The van der Waals surface area contributed by atoms with Crippen molar-refractivity contribution in [1.82, 2.24) is 15.0 Å². The van der Waals surface area contributed by atoms with Crippen molar-refractivity contribution in [3.8, 4) is 10.6 Å². The topological polar surface area (TPSA) is 64.7 Å². The lowest BCUT2D eigenvalue weighted by atomic mass is 10.4. The Balaban J connectivity index is 2.45. The molecule has 0 aliphatic carbocycles. The van der Waals surface area contributed by atoms with Crippen molar-refractivity contribution < 1.29 is 0 Å². The van der Waals surface area contributed by atoms with Crippen LogP contribution in [-0.4, -0.2) is 15.0 Å². The van der Waals surface area contributed by atoms with Gasteiger partial charge in [0.2, 0.25) is 0 Å². The molecule has 0 bridgehead atoms. The molecule has 12 heavy (non-hydrogen) atoms. The second-order valence-corrected chi connectivity index (χ2v) is 3.22. The van der Waals surface area contributed by atoms with Crippen LogP contribution < -0.4 is 5.73 Å². The van der Waals surface area contributed by atoms with E-state index in [4.69, 9.17) is 5.73 Å². The number of nitrogen functional groups attached to an aromatic ring is 1. The molecule has 0 atom stereocenters. The van der Waals surface area contributed by atoms with Crippen LogP contribution in [0.5, 0.6) is 0 Å². The van der Waals surface area contributed by atoms with Gasteiger partial charge in [0.15, 0.2) is 5.13 Å². The molecule has 0 radical (unpaired) electrons. The molecule has 0 saturated heterocycles. The third kappa shape index (κ3) is 1.26. The molecule has 2 N–H and O–H groups in total. The number of hydrogen-bond acceptors (Lipinski definition) is 5. The predicted molar refractivity (Wildman–Crippen MR) is 47.6 cm³/mol. The van der Waals surface area contributed by atoms with Crippen LogP contribution in [0.3, 0.4) is 0 Å². The van der Waals surface area contributed by atoms with E-state index in [1.54, 1.807) is 12.4 Å². The van der Waals surface area contributed by atoms with E-state index in [1.165, 1.54) is 17.7 Å². The number of hydrogen-bond donors (Lipinski definition) is 1. The predicted octanol–water partition coefficient (Wildman–Crippen LogP) is 1.18. The van der Waals surface area contributed by atoms with Crippen LogP contribution in [0.2, 0.25) is 0 Å². The highest BCUT2D eigenvalue weighted by molar-refractivity contribution is 7.18. The van der Waals surface area contributed by atoms with Gasteiger partial charge in [-0.3, -0.25) is 0 Å².